The van der Waals surface area contributed by atoms with E-state index < -0.39 is 5.38 Å². The highest BCUT2D eigenvalue weighted by atomic mass is 35.5. The summed E-state index contributed by atoms with van der Waals surface area (Å²) in [7, 11) is 0. The summed E-state index contributed by atoms with van der Waals surface area (Å²) in [4.78, 5) is 15.2. The van der Waals surface area contributed by atoms with E-state index in [-0.39, 0.29) is 5.78 Å². The lowest BCUT2D eigenvalue weighted by Gasteiger charge is -2.01. The Morgan fingerprint density at radius 2 is 2.33 bits per heavy atom. The van der Waals surface area contributed by atoms with Gasteiger partial charge in [0.15, 0.2) is 5.78 Å². The van der Waals surface area contributed by atoms with E-state index in [1.807, 2.05) is 13.0 Å². The normalized spacial score (nSPS) is 12.6. The highest BCUT2D eigenvalue weighted by Gasteiger charge is 2.12. The van der Waals surface area contributed by atoms with Gasteiger partial charge in [-0.3, -0.25) is 9.78 Å². The Morgan fingerprint density at radius 3 is 2.83 bits per heavy atom. The molecule has 2 nitrogen and oxygen atoms in total. The van der Waals surface area contributed by atoms with Crippen molar-refractivity contribution in [3.05, 3.63) is 29.6 Å². The Labute approximate surface area is 76.6 Å². The molecule has 0 saturated heterocycles. The first-order chi connectivity index (χ1) is 5.61. The zero-order valence-electron chi connectivity index (χ0n) is 7.04. The molecule has 64 valence electrons. The molecule has 3 heteroatoms. The van der Waals surface area contributed by atoms with Gasteiger partial charge in [0.05, 0.1) is 5.38 Å². The van der Waals surface area contributed by atoms with Gasteiger partial charge in [-0.15, -0.1) is 11.6 Å². The van der Waals surface area contributed by atoms with Crippen molar-refractivity contribution in [2.24, 2.45) is 0 Å². The first kappa shape index (κ1) is 9.20. The van der Waals surface area contributed by atoms with E-state index in [2.05, 4.69) is 4.98 Å². The molecule has 1 atom stereocenters. The first-order valence-electron chi connectivity index (χ1n) is 3.72. The average molecular weight is 184 g/mol. The van der Waals surface area contributed by atoms with Crippen LogP contribution in [-0.2, 0) is 0 Å². The molecule has 0 N–H and O–H groups in total. The largest absolute Gasteiger partial charge is 0.291 e. The Kier molecular flexibility index (Phi) is 2.82. The maximum atomic E-state index is 11.3. The van der Waals surface area contributed by atoms with Crippen LogP contribution in [0.5, 0.6) is 0 Å². The number of hydrogen-bond acceptors (Lipinski definition) is 2. The fourth-order valence-corrected chi connectivity index (χ4v) is 0.986. The van der Waals surface area contributed by atoms with Gasteiger partial charge in [-0.1, -0.05) is 0 Å². The molecule has 0 bridgehead atoms. The quantitative estimate of drug-likeness (QED) is 0.520. The van der Waals surface area contributed by atoms with Crippen molar-refractivity contribution < 1.29 is 4.79 Å². The maximum absolute atomic E-state index is 11.3. The van der Waals surface area contributed by atoms with Crippen molar-refractivity contribution >= 4 is 17.4 Å². The Morgan fingerprint density at radius 1 is 1.67 bits per heavy atom. The predicted molar refractivity (Wildman–Crippen MR) is 48.6 cm³/mol. The van der Waals surface area contributed by atoms with Gasteiger partial charge < -0.3 is 0 Å². The number of Topliss-reactive ketones (excluding diaryl/α,β-unsaturated/α-hetero) is 1. The van der Waals surface area contributed by atoms with Gasteiger partial charge in [0.2, 0.25) is 0 Å². The second-order valence-corrected chi connectivity index (χ2v) is 3.35. The number of rotatable bonds is 2. The number of aromatic nitrogens is 1. The van der Waals surface area contributed by atoms with Crippen LogP contribution >= 0.6 is 11.6 Å². The second-order valence-electron chi connectivity index (χ2n) is 2.70. The number of nitrogens with zero attached hydrogens (tertiary/aromatic N) is 1. The third-order valence-electron chi connectivity index (χ3n) is 1.53. The molecule has 1 aromatic heterocycles. The monoisotopic (exact) mass is 183 g/mol. The molecule has 0 radical (unpaired) electrons. The van der Waals surface area contributed by atoms with E-state index in [1.165, 1.54) is 0 Å². The van der Waals surface area contributed by atoms with E-state index in [0.29, 0.717) is 5.69 Å². The molecular formula is C9H10ClNO. The van der Waals surface area contributed by atoms with Crippen molar-refractivity contribution in [2.75, 3.05) is 0 Å². The van der Waals surface area contributed by atoms with E-state index >= 15 is 0 Å². The van der Waals surface area contributed by atoms with Crippen LogP contribution in [0.3, 0.4) is 0 Å². The van der Waals surface area contributed by atoms with Crippen LogP contribution in [0.15, 0.2) is 18.3 Å². The number of carbonyl (C=O) groups is 1. The molecule has 0 unspecified atom stereocenters. The minimum absolute atomic E-state index is 0.125. The zero-order valence-corrected chi connectivity index (χ0v) is 7.80. The smallest absolute Gasteiger partial charge is 0.198 e. The fourth-order valence-electron chi connectivity index (χ4n) is 0.875. The number of alkyl halides is 1. The zero-order chi connectivity index (χ0) is 9.14. The molecule has 0 aliphatic heterocycles. The number of pyridine rings is 1. The summed E-state index contributed by atoms with van der Waals surface area (Å²) in [5, 5.41) is -0.501. The summed E-state index contributed by atoms with van der Waals surface area (Å²) in [6.07, 6.45) is 1.61. The van der Waals surface area contributed by atoms with Crippen LogP contribution in [0, 0.1) is 6.92 Å². The van der Waals surface area contributed by atoms with Gasteiger partial charge in [0, 0.05) is 6.20 Å². The van der Waals surface area contributed by atoms with Crippen LogP contribution in [0.4, 0.5) is 0 Å². The third-order valence-corrected chi connectivity index (χ3v) is 1.73. The van der Waals surface area contributed by atoms with Gasteiger partial charge in [-0.05, 0) is 31.5 Å². The Hall–Kier alpha value is -0.890. The molecule has 0 aliphatic rings. The number of aryl methyl sites for hydroxylation is 1. The molecule has 0 saturated carbocycles. The highest BCUT2D eigenvalue weighted by Crippen LogP contribution is 2.06. The summed E-state index contributed by atoms with van der Waals surface area (Å²) in [6.45, 7) is 3.56. The molecule has 0 aromatic carbocycles. The molecule has 0 fully saturated rings. The van der Waals surface area contributed by atoms with Crippen LogP contribution < -0.4 is 0 Å². The number of halogens is 1. The maximum Gasteiger partial charge on any atom is 0.198 e. The van der Waals surface area contributed by atoms with Gasteiger partial charge in [-0.25, -0.2) is 0 Å². The predicted octanol–water partition coefficient (Wildman–Crippen LogP) is 2.20. The summed E-state index contributed by atoms with van der Waals surface area (Å²) in [6, 6.07) is 3.58. The van der Waals surface area contributed by atoms with Crippen molar-refractivity contribution in [3.63, 3.8) is 0 Å². The molecular weight excluding hydrogens is 174 g/mol. The SMILES string of the molecule is Cc1ccnc(C(=O)[C@H](C)Cl)c1. The van der Waals surface area contributed by atoms with E-state index in [1.54, 1.807) is 19.2 Å². The van der Waals surface area contributed by atoms with Gasteiger partial charge in [-0.2, -0.15) is 0 Å². The topological polar surface area (TPSA) is 30.0 Å². The lowest BCUT2D eigenvalue weighted by Crippen LogP contribution is -2.12. The third kappa shape index (κ3) is 2.05. The standard InChI is InChI=1S/C9H10ClNO/c1-6-3-4-11-8(5-6)9(12)7(2)10/h3-5,7H,1-2H3/t7-/m0/s1. The van der Waals surface area contributed by atoms with Crippen molar-refractivity contribution in [2.45, 2.75) is 19.2 Å². The first-order valence-corrected chi connectivity index (χ1v) is 4.16. The minimum atomic E-state index is -0.501. The number of ketones is 1. The summed E-state index contributed by atoms with van der Waals surface area (Å²) >= 11 is 5.63. The molecule has 1 aromatic rings. The Bertz CT molecular complexity index is 296. The van der Waals surface area contributed by atoms with Crippen molar-refractivity contribution in [3.8, 4) is 0 Å². The van der Waals surface area contributed by atoms with Crippen LogP contribution in [0.25, 0.3) is 0 Å². The molecule has 0 spiro atoms. The molecule has 0 amide bonds. The van der Waals surface area contributed by atoms with Crippen LogP contribution in [0.1, 0.15) is 23.0 Å². The highest BCUT2D eigenvalue weighted by molar-refractivity contribution is 6.33. The lowest BCUT2D eigenvalue weighted by molar-refractivity contribution is 0.0987. The average Bonchev–Trinajstić information content (AvgIpc) is 2.03. The number of carbonyl (C=O) groups excluding carboxylic acids is 1. The molecule has 12 heavy (non-hydrogen) atoms. The minimum Gasteiger partial charge on any atom is -0.291 e. The fraction of sp³-hybridized carbons (Fsp3) is 0.333. The molecule has 0 aliphatic carbocycles. The van der Waals surface area contributed by atoms with Gasteiger partial charge >= 0.3 is 0 Å². The molecule has 1 heterocycles. The van der Waals surface area contributed by atoms with Crippen molar-refractivity contribution in [1.82, 2.24) is 4.98 Å². The van der Waals surface area contributed by atoms with Gasteiger partial charge in [0.1, 0.15) is 5.69 Å². The second kappa shape index (κ2) is 3.68. The summed E-state index contributed by atoms with van der Waals surface area (Å²) in [5.41, 5.74) is 1.46. The molecule has 1 rings (SSSR count). The van der Waals surface area contributed by atoms with Crippen LogP contribution in [-0.4, -0.2) is 16.1 Å². The van der Waals surface area contributed by atoms with E-state index in [9.17, 15) is 4.79 Å². The summed E-state index contributed by atoms with van der Waals surface area (Å²) in [5.74, 6) is -0.125. The Balaban J connectivity index is 2.96. The van der Waals surface area contributed by atoms with E-state index in [0.717, 1.165) is 5.56 Å². The van der Waals surface area contributed by atoms with Gasteiger partial charge in [0.25, 0.3) is 0 Å². The van der Waals surface area contributed by atoms with Crippen LogP contribution in [0.2, 0.25) is 0 Å². The number of hydrogen-bond donors (Lipinski definition) is 0. The lowest BCUT2D eigenvalue weighted by atomic mass is 10.1. The summed E-state index contributed by atoms with van der Waals surface area (Å²) < 4.78 is 0. The van der Waals surface area contributed by atoms with Crippen molar-refractivity contribution in [1.29, 1.82) is 0 Å². The van der Waals surface area contributed by atoms with E-state index in [4.69, 9.17) is 11.6 Å².